The number of thioether (sulfide) groups is 4. The lowest BCUT2D eigenvalue weighted by molar-refractivity contribution is 0.0586. The van der Waals surface area contributed by atoms with Gasteiger partial charge >= 0.3 is 11.9 Å². The molecule has 0 bridgehead atoms. The predicted molar refractivity (Wildman–Crippen MR) is 101 cm³/mol. The molecule has 0 saturated heterocycles. The molecule has 2 aliphatic rings. The first-order valence-corrected chi connectivity index (χ1v) is 10.0. The van der Waals surface area contributed by atoms with E-state index in [0.29, 0.717) is 0 Å². The highest BCUT2D eigenvalue weighted by Crippen LogP contribution is 2.55. The summed E-state index contributed by atoms with van der Waals surface area (Å²) in [5.74, 6) is -1.19. The highest BCUT2D eigenvalue weighted by Gasteiger charge is 2.23. The van der Waals surface area contributed by atoms with Gasteiger partial charge in [-0.25, -0.2) is 14.6 Å². The fourth-order valence-corrected chi connectivity index (χ4v) is 6.33. The van der Waals surface area contributed by atoms with Gasteiger partial charge in [0, 0.05) is 4.91 Å². The minimum atomic E-state index is -0.595. The summed E-state index contributed by atoms with van der Waals surface area (Å²) in [5.41, 5.74) is 0.892. The van der Waals surface area contributed by atoms with Crippen LogP contribution in [-0.2, 0) is 9.47 Å². The lowest BCUT2D eigenvalue weighted by atomic mass is 10.2. The Hall–Kier alpha value is -1.29. The number of hydrogen-bond acceptors (Lipinski definition) is 9. The van der Waals surface area contributed by atoms with Crippen molar-refractivity contribution in [3.8, 4) is 0 Å². The zero-order valence-corrected chi connectivity index (χ0v) is 15.9. The van der Waals surface area contributed by atoms with E-state index in [9.17, 15) is 9.59 Å². The Morgan fingerprint density at radius 2 is 1.50 bits per heavy atom. The smallest absolute Gasteiger partial charge is 0.356 e. The monoisotopic (exact) mass is 397 g/mol. The van der Waals surface area contributed by atoms with Crippen LogP contribution in [0.15, 0.2) is 36.8 Å². The number of ether oxygens (including phenoxy) is 2. The first kappa shape index (κ1) is 17.5. The Morgan fingerprint density at radius 3 is 2.04 bits per heavy atom. The van der Waals surface area contributed by atoms with Gasteiger partial charge in [0.1, 0.15) is 11.4 Å². The van der Waals surface area contributed by atoms with Crippen molar-refractivity contribution in [2.75, 3.05) is 14.2 Å². The van der Waals surface area contributed by atoms with E-state index < -0.39 is 11.9 Å². The third kappa shape index (κ3) is 3.69. The fraction of sp³-hybridized carbons (Fsp3) is 0.133. The molecule has 2 aliphatic heterocycles. The van der Waals surface area contributed by atoms with Crippen LogP contribution >= 0.6 is 47.0 Å². The van der Waals surface area contributed by atoms with Gasteiger partial charge in [-0.1, -0.05) is 47.0 Å². The second kappa shape index (κ2) is 7.73. The minimum absolute atomic E-state index is 0.0780. The first-order valence-electron chi connectivity index (χ1n) is 6.58. The van der Waals surface area contributed by atoms with Crippen LogP contribution in [0.1, 0.15) is 26.5 Å². The number of aromatic nitrogens is 1. The van der Waals surface area contributed by atoms with Gasteiger partial charge in [-0.05, 0) is 33.9 Å². The molecule has 0 amide bonds. The summed E-state index contributed by atoms with van der Waals surface area (Å²) < 4.78 is 11.8. The molecule has 0 N–H and O–H groups in total. The lowest BCUT2D eigenvalue weighted by Gasteiger charge is -2.08. The van der Waals surface area contributed by atoms with E-state index in [0.717, 1.165) is 10.5 Å². The largest absolute Gasteiger partial charge is 0.464 e. The van der Waals surface area contributed by atoms with Crippen molar-refractivity contribution in [1.82, 2.24) is 4.98 Å². The number of carbonyl (C=O) groups excluding carboxylic acids is 2. The van der Waals surface area contributed by atoms with E-state index in [1.165, 1.54) is 22.7 Å². The molecule has 3 heterocycles. The molecule has 0 radical (unpaired) electrons. The van der Waals surface area contributed by atoms with Gasteiger partial charge in [0.05, 0.1) is 22.7 Å². The van der Waals surface area contributed by atoms with E-state index >= 15 is 0 Å². The van der Waals surface area contributed by atoms with E-state index in [2.05, 4.69) is 4.98 Å². The van der Waals surface area contributed by atoms with Crippen LogP contribution in [0.25, 0.3) is 4.91 Å². The molecule has 3 rings (SSSR count). The average Bonchev–Trinajstić information content (AvgIpc) is 3.30. The van der Waals surface area contributed by atoms with Crippen molar-refractivity contribution in [2.24, 2.45) is 0 Å². The number of hydrogen-bond donors (Lipinski definition) is 0. The van der Waals surface area contributed by atoms with Crippen LogP contribution in [0, 0.1) is 0 Å². The number of rotatable bonds is 3. The Balaban J connectivity index is 1.94. The van der Waals surface area contributed by atoms with Crippen molar-refractivity contribution in [1.29, 1.82) is 0 Å². The highest BCUT2D eigenvalue weighted by molar-refractivity contribution is 8.35. The van der Waals surface area contributed by atoms with Gasteiger partial charge in [-0.2, -0.15) is 0 Å². The van der Waals surface area contributed by atoms with Gasteiger partial charge in [0.15, 0.2) is 0 Å². The standard InChI is InChI=1S/C15H11NO4S4/c1-19-12(17)9-5-8(6-10(16-9)13(18)20-2)11-7-23-15(24-11)14-21-3-4-22-14/h3-7H,1-2H3. The number of methoxy groups -OCH3 is 2. The summed E-state index contributed by atoms with van der Waals surface area (Å²) in [6.07, 6.45) is 0. The molecule has 0 spiro atoms. The summed E-state index contributed by atoms with van der Waals surface area (Å²) in [5, 5.41) is 6.09. The first-order chi connectivity index (χ1) is 11.6. The Labute approximate surface area is 155 Å². The van der Waals surface area contributed by atoms with Crippen molar-refractivity contribution < 1.29 is 19.1 Å². The molecule has 124 valence electrons. The van der Waals surface area contributed by atoms with Crippen LogP contribution in [0.3, 0.4) is 0 Å². The van der Waals surface area contributed by atoms with E-state index in [-0.39, 0.29) is 11.4 Å². The van der Waals surface area contributed by atoms with E-state index in [1.54, 1.807) is 59.2 Å². The topological polar surface area (TPSA) is 65.5 Å². The van der Waals surface area contributed by atoms with Crippen LogP contribution in [0.4, 0.5) is 0 Å². The molecule has 0 saturated carbocycles. The molecule has 0 atom stereocenters. The van der Waals surface area contributed by atoms with Gasteiger partial charge in [0.2, 0.25) is 0 Å². The quantitative estimate of drug-likeness (QED) is 0.685. The maximum atomic E-state index is 11.8. The second-order valence-corrected chi connectivity index (χ2v) is 8.68. The number of nitrogens with zero attached hydrogens (tertiary/aromatic N) is 1. The minimum Gasteiger partial charge on any atom is -0.464 e. The molecular weight excluding hydrogens is 386 g/mol. The fourth-order valence-electron chi connectivity index (χ4n) is 1.87. The Kier molecular flexibility index (Phi) is 5.65. The number of pyridine rings is 1. The normalized spacial score (nSPS) is 16.3. The van der Waals surface area contributed by atoms with E-state index in [1.807, 2.05) is 16.2 Å². The van der Waals surface area contributed by atoms with E-state index in [4.69, 9.17) is 9.47 Å². The molecule has 5 nitrogen and oxygen atoms in total. The summed E-state index contributed by atoms with van der Waals surface area (Å²) >= 11 is 6.61. The SMILES string of the molecule is COC(=O)c1cc(C2=CSC(=C3SC=CS3)S2)cc(C(=O)OC)n1. The maximum Gasteiger partial charge on any atom is 0.356 e. The molecular formula is C15H11NO4S4. The third-order valence-electron chi connectivity index (χ3n) is 2.95. The molecule has 1 aromatic heterocycles. The van der Waals surface area contributed by atoms with Crippen molar-refractivity contribution in [3.05, 3.63) is 53.8 Å². The molecule has 0 aliphatic carbocycles. The van der Waals surface area contributed by atoms with Crippen molar-refractivity contribution in [3.63, 3.8) is 0 Å². The maximum absolute atomic E-state index is 11.8. The molecule has 0 fully saturated rings. The highest BCUT2D eigenvalue weighted by atomic mass is 32.2. The van der Waals surface area contributed by atoms with Crippen LogP contribution in [0.2, 0.25) is 0 Å². The van der Waals surface area contributed by atoms with Gasteiger partial charge in [0.25, 0.3) is 0 Å². The second-order valence-electron chi connectivity index (χ2n) is 4.39. The van der Waals surface area contributed by atoms with Gasteiger partial charge in [-0.3, -0.25) is 0 Å². The van der Waals surface area contributed by atoms with Crippen LogP contribution in [-0.4, -0.2) is 31.1 Å². The Bertz CT molecular complexity index is 756. The average molecular weight is 398 g/mol. The summed E-state index contributed by atoms with van der Waals surface area (Å²) in [6.45, 7) is 0. The summed E-state index contributed by atoms with van der Waals surface area (Å²) in [6, 6.07) is 3.25. The van der Waals surface area contributed by atoms with Crippen molar-refractivity contribution >= 4 is 63.9 Å². The molecule has 0 aromatic carbocycles. The zero-order valence-electron chi connectivity index (χ0n) is 12.6. The summed E-state index contributed by atoms with van der Waals surface area (Å²) in [4.78, 5) is 28.6. The number of esters is 2. The van der Waals surface area contributed by atoms with Gasteiger partial charge in [-0.15, -0.1) is 0 Å². The van der Waals surface area contributed by atoms with Crippen LogP contribution < -0.4 is 0 Å². The van der Waals surface area contributed by atoms with Crippen LogP contribution in [0.5, 0.6) is 0 Å². The molecule has 9 heteroatoms. The predicted octanol–water partition coefficient (Wildman–Crippen LogP) is 4.51. The van der Waals surface area contributed by atoms with Gasteiger partial charge < -0.3 is 9.47 Å². The molecule has 24 heavy (non-hydrogen) atoms. The molecule has 0 unspecified atom stereocenters. The third-order valence-corrected chi connectivity index (χ3v) is 8.02. The van der Waals surface area contributed by atoms with Crippen molar-refractivity contribution in [2.45, 2.75) is 0 Å². The summed E-state index contributed by atoms with van der Waals surface area (Å²) in [7, 11) is 2.55. The number of carbonyl (C=O) groups is 2. The molecule has 1 aromatic rings. The zero-order chi connectivity index (χ0) is 17.1. The Morgan fingerprint density at radius 1 is 0.917 bits per heavy atom. The lowest BCUT2D eigenvalue weighted by Crippen LogP contribution is -2.11.